The van der Waals surface area contributed by atoms with Crippen LogP contribution in [0.1, 0.15) is 20.3 Å². The third-order valence-corrected chi connectivity index (χ3v) is 3.11. The highest BCUT2D eigenvalue weighted by molar-refractivity contribution is 4.89. The Bertz CT molecular complexity index is 136. The van der Waals surface area contributed by atoms with E-state index in [-0.39, 0.29) is 0 Å². The number of hydrogen-bond donors (Lipinski definition) is 0. The fourth-order valence-corrected chi connectivity index (χ4v) is 1.75. The molecule has 11 heavy (non-hydrogen) atoms. The van der Waals surface area contributed by atoms with Crippen LogP contribution in [0.3, 0.4) is 0 Å². The van der Waals surface area contributed by atoms with Gasteiger partial charge in [0, 0.05) is 25.2 Å². The molecule has 1 fully saturated rings. The Morgan fingerprint density at radius 1 is 1.27 bits per heavy atom. The zero-order chi connectivity index (χ0) is 8.48. The van der Waals surface area contributed by atoms with E-state index in [1.807, 2.05) is 0 Å². The van der Waals surface area contributed by atoms with E-state index >= 15 is 0 Å². The van der Waals surface area contributed by atoms with E-state index in [0.29, 0.717) is 5.54 Å². The molecular weight excluding hydrogens is 136 g/mol. The molecule has 0 aromatic heterocycles. The molecule has 2 heteroatoms. The van der Waals surface area contributed by atoms with Gasteiger partial charge in [0.05, 0.1) is 0 Å². The van der Waals surface area contributed by atoms with E-state index < -0.39 is 0 Å². The summed E-state index contributed by atoms with van der Waals surface area (Å²) in [5.41, 5.74) is 0.410. The summed E-state index contributed by atoms with van der Waals surface area (Å²) in [7, 11) is 4.44. The van der Waals surface area contributed by atoms with Gasteiger partial charge in [-0.3, -0.25) is 4.90 Å². The molecule has 1 aliphatic heterocycles. The van der Waals surface area contributed by atoms with Crippen LogP contribution in [-0.4, -0.2) is 49.1 Å². The van der Waals surface area contributed by atoms with Gasteiger partial charge in [0.15, 0.2) is 0 Å². The first-order chi connectivity index (χ1) is 5.08. The Balaban J connectivity index is 2.60. The first-order valence-electron chi connectivity index (χ1n) is 4.48. The summed E-state index contributed by atoms with van der Waals surface area (Å²) in [5, 5.41) is 0. The quantitative estimate of drug-likeness (QED) is 0.559. The molecule has 1 saturated heterocycles. The molecule has 0 aromatic rings. The normalized spacial score (nSPS) is 36.0. The van der Waals surface area contributed by atoms with Gasteiger partial charge in [-0.15, -0.1) is 0 Å². The summed E-state index contributed by atoms with van der Waals surface area (Å²) >= 11 is 0. The van der Waals surface area contributed by atoms with Gasteiger partial charge in [-0.25, -0.2) is 0 Å². The summed E-state index contributed by atoms with van der Waals surface area (Å²) in [6.45, 7) is 8.26. The lowest BCUT2D eigenvalue weighted by Gasteiger charge is -2.46. The van der Waals surface area contributed by atoms with E-state index in [1.165, 1.54) is 26.1 Å². The predicted octanol–water partition coefficient (Wildman–Crippen LogP) is 1.03. The zero-order valence-corrected chi connectivity index (χ0v) is 8.22. The van der Waals surface area contributed by atoms with Crippen molar-refractivity contribution in [1.82, 2.24) is 9.80 Å². The molecular formula is C9H20N2. The second-order valence-electron chi connectivity index (χ2n) is 4.01. The minimum absolute atomic E-state index is 0.410. The Kier molecular flexibility index (Phi) is 2.55. The van der Waals surface area contributed by atoms with E-state index in [0.717, 1.165) is 0 Å². The average Bonchev–Trinajstić information content (AvgIpc) is 1.98. The van der Waals surface area contributed by atoms with Gasteiger partial charge in [0.25, 0.3) is 0 Å². The lowest BCUT2D eigenvalue weighted by atomic mass is 9.94. The first kappa shape index (κ1) is 9.01. The molecule has 0 amide bonds. The average molecular weight is 156 g/mol. The van der Waals surface area contributed by atoms with Gasteiger partial charge in [-0.05, 0) is 27.4 Å². The largest absolute Gasteiger partial charge is 0.303 e. The summed E-state index contributed by atoms with van der Waals surface area (Å²) in [6, 6.07) is 0. The highest BCUT2D eigenvalue weighted by Crippen LogP contribution is 2.21. The van der Waals surface area contributed by atoms with Crippen molar-refractivity contribution in [2.75, 3.05) is 33.7 Å². The molecule has 1 aliphatic rings. The van der Waals surface area contributed by atoms with Crippen LogP contribution in [0.5, 0.6) is 0 Å². The fourth-order valence-electron chi connectivity index (χ4n) is 1.75. The summed E-state index contributed by atoms with van der Waals surface area (Å²) in [5.74, 6) is 0. The molecule has 0 radical (unpaired) electrons. The van der Waals surface area contributed by atoms with Gasteiger partial charge in [-0.2, -0.15) is 0 Å². The van der Waals surface area contributed by atoms with Crippen LogP contribution in [0, 0.1) is 0 Å². The molecule has 1 unspecified atom stereocenters. The third-order valence-electron chi connectivity index (χ3n) is 3.11. The van der Waals surface area contributed by atoms with Crippen LogP contribution >= 0.6 is 0 Å². The highest BCUT2D eigenvalue weighted by atomic mass is 15.3. The molecule has 0 aliphatic carbocycles. The number of likely N-dealkylation sites (N-methyl/N-ethyl adjacent to an activating group) is 2. The summed E-state index contributed by atoms with van der Waals surface area (Å²) in [6.07, 6.45) is 1.24. The lowest BCUT2D eigenvalue weighted by Crippen LogP contribution is -2.57. The van der Waals surface area contributed by atoms with Gasteiger partial charge < -0.3 is 4.90 Å². The van der Waals surface area contributed by atoms with Crippen LogP contribution in [0.15, 0.2) is 0 Å². The first-order valence-corrected chi connectivity index (χ1v) is 4.48. The molecule has 0 bridgehead atoms. The summed E-state index contributed by atoms with van der Waals surface area (Å²) < 4.78 is 0. The number of piperazine rings is 1. The van der Waals surface area contributed by atoms with E-state index in [4.69, 9.17) is 0 Å². The molecule has 0 N–H and O–H groups in total. The van der Waals surface area contributed by atoms with Crippen LogP contribution in [0.25, 0.3) is 0 Å². The topological polar surface area (TPSA) is 6.48 Å². The van der Waals surface area contributed by atoms with Crippen molar-refractivity contribution >= 4 is 0 Å². The second kappa shape index (κ2) is 3.11. The molecule has 66 valence electrons. The van der Waals surface area contributed by atoms with Crippen molar-refractivity contribution in [2.24, 2.45) is 0 Å². The monoisotopic (exact) mass is 156 g/mol. The van der Waals surface area contributed by atoms with Crippen molar-refractivity contribution in [3.63, 3.8) is 0 Å². The van der Waals surface area contributed by atoms with Crippen molar-refractivity contribution in [3.8, 4) is 0 Å². The van der Waals surface area contributed by atoms with Crippen LogP contribution < -0.4 is 0 Å². The Morgan fingerprint density at radius 3 is 2.36 bits per heavy atom. The summed E-state index contributed by atoms with van der Waals surface area (Å²) in [4.78, 5) is 4.90. The number of rotatable bonds is 1. The maximum atomic E-state index is 2.48. The maximum absolute atomic E-state index is 2.48. The van der Waals surface area contributed by atoms with Crippen LogP contribution in [0.4, 0.5) is 0 Å². The molecule has 0 saturated carbocycles. The minimum atomic E-state index is 0.410. The molecule has 1 atom stereocenters. The fraction of sp³-hybridized carbons (Fsp3) is 1.00. The second-order valence-corrected chi connectivity index (χ2v) is 4.01. The standard InChI is InChI=1S/C9H20N2/c1-5-9(2)8-10(3)6-7-11(9)4/h5-8H2,1-4H3. The third kappa shape index (κ3) is 1.74. The predicted molar refractivity (Wildman–Crippen MR) is 48.8 cm³/mol. The van der Waals surface area contributed by atoms with E-state index in [9.17, 15) is 0 Å². The van der Waals surface area contributed by atoms with Crippen molar-refractivity contribution in [2.45, 2.75) is 25.8 Å². The van der Waals surface area contributed by atoms with E-state index in [1.54, 1.807) is 0 Å². The molecule has 2 nitrogen and oxygen atoms in total. The Hall–Kier alpha value is -0.0800. The van der Waals surface area contributed by atoms with Crippen molar-refractivity contribution in [1.29, 1.82) is 0 Å². The van der Waals surface area contributed by atoms with Gasteiger partial charge in [0.2, 0.25) is 0 Å². The molecule has 0 aromatic carbocycles. The lowest BCUT2D eigenvalue weighted by molar-refractivity contribution is 0.0377. The van der Waals surface area contributed by atoms with Gasteiger partial charge in [0.1, 0.15) is 0 Å². The molecule has 0 spiro atoms. The Morgan fingerprint density at radius 2 is 1.91 bits per heavy atom. The highest BCUT2D eigenvalue weighted by Gasteiger charge is 2.31. The van der Waals surface area contributed by atoms with Crippen molar-refractivity contribution < 1.29 is 0 Å². The van der Waals surface area contributed by atoms with E-state index in [2.05, 4.69) is 37.7 Å². The minimum Gasteiger partial charge on any atom is -0.303 e. The van der Waals surface area contributed by atoms with Crippen LogP contribution in [-0.2, 0) is 0 Å². The van der Waals surface area contributed by atoms with Gasteiger partial charge in [-0.1, -0.05) is 6.92 Å². The Labute approximate surface area is 70.2 Å². The number of hydrogen-bond acceptors (Lipinski definition) is 2. The van der Waals surface area contributed by atoms with Crippen molar-refractivity contribution in [3.05, 3.63) is 0 Å². The maximum Gasteiger partial charge on any atom is 0.0303 e. The molecule has 1 rings (SSSR count). The SMILES string of the molecule is CCC1(C)CN(C)CCN1C. The van der Waals surface area contributed by atoms with Gasteiger partial charge >= 0.3 is 0 Å². The smallest absolute Gasteiger partial charge is 0.0303 e. The molecule has 1 heterocycles. The number of nitrogens with zero attached hydrogens (tertiary/aromatic N) is 2. The zero-order valence-electron chi connectivity index (χ0n) is 8.22. The van der Waals surface area contributed by atoms with Crippen LogP contribution in [0.2, 0.25) is 0 Å².